The second-order valence-electron chi connectivity index (χ2n) is 8.12. The molecule has 0 unspecified atom stereocenters. The molecule has 2 aromatic rings. The molecule has 172 valence electrons. The predicted octanol–water partition coefficient (Wildman–Crippen LogP) is 2.52. The molecule has 0 bridgehead atoms. The van der Waals surface area contributed by atoms with Crippen molar-refractivity contribution in [2.24, 2.45) is 10.7 Å². The Labute approximate surface area is 184 Å². The van der Waals surface area contributed by atoms with Crippen molar-refractivity contribution < 1.29 is 26.7 Å². The largest absolute Gasteiger partial charge is 0.495 e. The van der Waals surface area contributed by atoms with Crippen molar-refractivity contribution in [2.45, 2.75) is 31.1 Å². The summed E-state index contributed by atoms with van der Waals surface area (Å²) in [6.07, 6.45) is 1.38. The van der Waals surface area contributed by atoms with Gasteiger partial charge in [0.1, 0.15) is 40.1 Å². The minimum absolute atomic E-state index is 0.112. The second kappa shape index (κ2) is 8.12. The SMILES string of the molecule is COc1cnc(C(=O)Nc2ccc(F)c([C@]3(CF)CS(=O)(=O)C(C)(C)C(N)=N3)c2)c(C)c1. The third-order valence-corrected chi connectivity index (χ3v) is 8.23. The van der Waals surface area contributed by atoms with Crippen molar-refractivity contribution in [2.75, 3.05) is 24.9 Å². The van der Waals surface area contributed by atoms with E-state index in [1.54, 1.807) is 13.0 Å². The Bertz CT molecular complexity index is 1210. The zero-order valence-corrected chi connectivity index (χ0v) is 18.9. The molecule has 0 saturated heterocycles. The highest BCUT2D eigenvalue weighted by Gasteiger charge is 2.51. The number of rotatable bonds is 5. The first kappa shape index (κ1) is 23.6. The molecule has 1 aliphatic rings. The maximum Gasteiger partial charge on any atom is 0.274 e. The lowest BCUT2D eigenvalue weighted by atomic mass is 9.92. The Morgan fingerprint density at radius 1 is 1.31 bits per heavy atom. The van der Waals surface area contributed by atoms with Crippen molar-refractivity contribution in [3.8, 4) is 5.75 Å². The fourth-order valence-corrected chi connectivity index (χ4v) is 5.03. The summed E-state index contributed by atoms with van der Waals surface area (Å²) in [5.74, 6) is -2.06. The van der Waals surface area contributed by atoms with Gasteiger partial charge in [-0.25, -0.2) is 22.2 Å². The Kier molecular flexibility index (Phi) is 5.98. The maximum absolute atomic E-state index is 14.8. The summed E-state index contributed by atoms with van der Waals surface area (Å²) in [4.78, 5) is 20.8. The Morgan fingerprint density at radius 2 is 2.00 bits per heavy atom. The van der Waals surface area contributed by atoms with Crippen LogP contribution in [0, 0.1) is 12.7 Å². The molecule has 0 saturated carbocycles. The third-order valence-electron chi connectivity index (χ3n) is 5.61. The average Bonchev–Trinajstić information content (AvgIpc) is 2.73. The van der Waals surface area contributed by atoms with Crippen LogP contribution in [0.3, 0.4) is 0 Å². The number of benzene rings is 1. The number of aryl methyl sites for hydroxylation is 1. The van der Waals surface area contributed by atoms with E-state index in [0.29, 0.717) is 11.3 Å². The summed E-state index contributed by atoms with van der Waals surface area (Å²) in [5.41, 5.74) is 4.25. The highest BCUT2D eigenvalue weighted by Crippen LogP contribution is 2.39. The van der Waals surface area contributed by atoms with Crippen molar-refractivity contribution in [1.82, 2.24) is 4.98 Å². The van der Waals surface area contributed by atoms with Gasteiger partial charge in [-0.3, -0.25) is 9.79 Å². The molecule has 3 rings (SSSR count). The number of methoxy groups -OCH3 is 1. The van der Waals surface area contributed by atoms with E-state index in [0.717, 1.165) is 12.1 Å². The van der Waals surface area contributed by atoms with E-state index >= 15 is 0 Å². The van der Waals surface area contributed by atoms with Crippen molar-refractivity contribution >= 4 is 27.3 Å². The normalized spacial score (nSPS) is 21.5. The monoisotopic (exact) mass is 466 g/mol. The van der Waals surface area contributed by atoms with E-state index in [2.05, 4.69) is 15.3 Å². The van der Waals surface area contributed by atoms with Crippen LogP contribution in [0.15, 0.2) is 35.5 Å². The quantitative estimate of drug-likeness (QED) is 0.698. The van der Waals surface area contributed by atoms with E-state index in [4.69, 9.17) is 10.5 Å². The summed E-state index contributed by atoms with van der Waals surface area (Å²) in [6.45, 7) is 3.10. The molecule has 1 atom stereocenters. The summed E-state index contributed by atoms with van der Waals surface area (Å²) in [7, 11) is -2.49. The summed E-state index contributed by atoms with van der Waals surface area (Å²) in [5, 5.41) is 2.57. The topological polar surface area (TPSA) is 124 Å². The molecule has 8 nitrogen and oxygen atoms in total. The van der Waals surface area contributed by atoms with E-state index in [9.17, 15) is 22.0 Å². The average molecular weight is 467 g/mol. The number of amidine groups is 1. The van der Waals surface area contributed by atoms with Gasteiger partial charge in [-0.2, -0.15) is 0 Å². The molecule has 1 aliphatic heterocycles. The summed E-state index contributed by atoms with van der Waals surface area (Å²) in [6, 6.07) is 5.07. The number of aliphatic imine (C=N–C) groups is 1. The van der Waals surface area contributed by atoms with Crippen LogP contribution in [0.25, 0.3) is 0 Å². The molecular weight excluding hydrogens is 442 g/mol. The highest BCUT2D eigenvalue weighted by atomic mass is 32.2. The van der Waals surface area contributed by atoms with Crippen LogP contribution in [0.1, 0.15) is 35.5 Å². The lowest BCUT2D eigenvalue weighted by molar-refractivity contribution is 0.102. The van der Waals surface area contributed by atoms with Gasteiger partial charge in [0.25, 0.3) is 5.91 Å². The maximum atomic E-state index is 14.8. The Balaban J connectivity index is 2.02. The predicted molar refractivity (Wildman–Crippen MR) is 117 cm³/mol. The van der Waals surface area contributed by atoms with Gasteiger partial charge in [0.2, 0.25) is 0 Å². The van der Waals surface area contributed by atoms with Crippen LogP contribution in [-0.2, 0) is 15.4 Å². The van der Waals surface area contributed by atoms with Gasteiger partial charge >= 0.3 is 0 Å². The molecule has 0 fully saturated rings. The molecule has 1 amide bonds. The molecule has 0 aliphatic carbocycles. The number of ether oxygens (including phenoxy) is 1. The number of hydrogen-bond donors (Lipinski definition) is 2. The van der Waals surface area contributed by atoms with Gasteiger partial charge in [0.05, 0.1) is 19.1 Å². The first-order valence-electron chi connectivity index (χ1n) is 9.63. The fourth-order valence-electron chi connectivity index (χ4n) is 3.38. The molecule has 11 heteroatoms. The fraction of sp³-hybridized carbons (Fsp3) is 0.381. The molecule has 0 spiro atoms. The number of carbonyl (C=O) groups is 1. The molecule has 32 heavy (non-hydrogen) atoms. The Morgan fingerprint density at radius 3 is 2.56 bits per heavy atom. The van der Waals surface area contributed by atoms with Gasteiger partial charge in [-0.05, 0) is 50.6 Å². The minimum atomic E-state index is -3.96. The van der Waals surface area contributed by atoms with Crippen molar-refractivity contribution in [3.05, 3.63) is 53.1 Å². The van der Waals surface area contributed by atoms with E-state index < -0.39 is 44.3 Å². The summed E-state index contributed by atoms with van der Waals surface area (Å²) >= 11 is 0. The number of aromatic nitrogens is 1. The molecule has 1 aromatic carbocycles. The number of hydrogen-bond acceptors (Lipinski definition) is 7. The van der Waals surface area contributed by atoms with Gasteiger partial charge in [-0.15, -0.1) is 0 Å². The standard InChI is InChI=1S/C21H24F2N4O4S/c1-12-7-14(31-4)9-25-17(12)18(28)26-13-5-6-16(23)15(8-13)21(10-22)11-32(29,30)20(2,3)19(24)27-21/h5-9H,10-11H2,1-4H3,(H2,24,27)(H,26,28)/t21-/m0/s1. The second-order valence-corrected chi connectivity index (χ2v) is 10.7. The first-order valence-corrected chi connectivity index (χ1v) is 11.3. The number of sulfone groups is 1. The number of nitrogens with two attached hydrogens (primary N) is 1. The van der Waals surface area contributed by atoms with Crippen LogP contribution < -0.4 is 15.8 Å². The number of halogens is 2. The van der Waals surface area contributed by atoms with Gasteiger partial charge in [0.15, 0.2) is 9.84 Å². The number of anilines is 1. The van der Waals surface area contributed by atoms with Crippen LogP contribution in [0.2, 0.25) is 0 Å². The Hall–Kier alpha value is -3.08. The van der Waals surface area contributed by atoms with E-state index in [-0.39, 0.29) is 22.8 Å². The number of amides is 1. The van der Waals surface area contributed by atoms with Gasteiger partial charge in [0, 0.05) is 11.3 Å². The molecule has 0 radical (unpaired) electrons. The van der Waals surface area contributed by atoms with Crippen LogP contribution >= 0.6 is 0 Å². The zero-order chi connectivity index (χ0) is 23.9. The number of nitrogens with zero attached hydrogens (tertiary/aromatic N) is 2. The molecular formula is C21H24F2N4O4S. The zero-order valence-electron chi connectivity index (χ0n) is 18.1. The number of pyridine rings is 1. The van der Waals surface area contributed by atoms with Crippen molar-refractivity contribution in [1.29, 1.82) is 0 Å². The van der Waals surface area contributed by atoms with E-state index in [1.165, 1.54) is 33.2 Å². The highest BCUT2D eigenvalue weighted by molar-refractivity contribution is 7.93. The van der Waals surface area contributed by atoms with Crippen LogP contribution in [-0.4, -0.2) is 49.4 Å². The third kappa shape index (κ3) is 3.92. The molecule has 2 heterocycles. The van der Waals surface area contributed by atoms with Gasteiger partial charge < -0.3 is 15.8 Å². The minimum Gasteiger partial charge on any atom is -0.495 e. The van der Waals surface area contributed by atoms with Crippen molar-refractivity contribution in [3.63, 3.8) is 0 Å². The number of nitrogens with one attached hydrogen (secondary N) is 1. The first-order chi connectivity index (χ1) is 14.9. The van der Waals surface area contributed by atoms with Gasteiger partial charge in [-0.1, -0.05) is 0 Å². The van der Waals surface area contributed by atoms with Crippen LogP contribution in [0.5, 0.6) is 5.75 Å². The number of carbonyl (C=O) groups excluding carboxylic acids is 1. The lowest BCUT2D eigenvalue weighted by Crippen LogP contribution is -2.56. The number of alkyl halides is 1. The molecule has 1 aromatic heterocycles. The smallest absolute Gasteiger partial charge is 0.274 e. The van der Waals surface area contributed by atoms with E-state index in [1.807, 2.05) is 0 Å². The molecule has 3 N–H and O–H groups in total. The van der Waals surface area contributed by atoms with Crippen LogP contribution in [0.4, 0.5) is 14.5 Å². The lowest BCUT2D eigenvalue weighted by Gasteiger charge is -2.38. The summed E-state index contributed by atoms with van der Waals surface area (Å²) < 4.78 is 58.1.